The average Bonchev–Trinajstić information content (AvgIpc) is 1.95. The van der Waals surface area contributed by atoms with E-state index in [0.29, 0.717) is 6.04 Å². The second-order valence-corrected chi connectivity index (χ2v) is 8.90. The van der Waals surface area contributed by atoms with Crippen molar-refractivity contribution in [3.05, 3.63) is 0 Å². The molecule has 0 rings (SSSR count). The van der Waals surface area contributed by atoms with Crippen molar-refractivity contribution in [2.24, 2.45) is 5.40 Å². The highest BCUT2D eigenvalue weighted by Gasteiger charge is 2.57. The first-order valence-electron chi connectivity index (χ1n) is 4.88. The second-order valence-electron chi connectivity index (χ2n) is 4.43. The lowest BCUT2D eigenvalue weighted by molar-refractivity contribution is -0.321. The molecule has 2 N–H and O–H groups in total. The number of halogens is 6. The summed E-state index contributed by atoms with van der Waals surface area (Å²) in [4.78, 5) is 0. The summed E-state index contributed by atoms with van der Waals surface area (Å²) in [6.07, 6.45) is -14.5. The molecule has 0 unspecified atom stereocenters. The van der Waals surface area contributed by atoms with Crippen molar-refractivity contribution >= 4 is 8.24 Å². The van der Waals surface area contributed by atoms with Gasteiger partial charge in [-0.05, 0) is 12.5 Å². The van der Waals surface area contributed by atoms with Crippen LogP contribution in [0.3, 0.4) is 0 Å². The molecule has 0 fully saturated rings. The Kier molecular flexibility index (Phi) is 5.48. The van der Waals surface area contributed by atoms with Crippen LogP contribution in [-0.4, -0.2) is 33.3 Å². The summed E-state index contributed by atoms with van der Waals surface area (Å²) in [7, 11) is -1.96. The Labute approximate surface area is 96.2 Å². The van der Waals surface area contributed by atoms with Crippen molar-refractivity contribution in [3.8, 4) is 0 Å². The highest BCUT2D eigenvalue weighted by Crippen LogP contribution is 2.35. The number of hydrogen-bond donors (Lipinski definition) is 1. The van der Waals surface area contributed by atoms with Gasteiger partial charge in [-0.15, -0.1) is 0 Å². The molecule has 0 heterocycles. The topological polar surface area (TPSA) is 35.2 Å². The van der Waals surface area contributed by atoms with Crippen LogP contribution in [0.25, 0.3) is 0 Å². The van der Waals surface area contributed by atoms with Gasteiger partial charge in [-0.25, -0.2) is 0 Å². The van der Waals surface area contributed by atoms with Crippen LogP contribution < -0.4 is 5.40 Å². The molecule has 0 aromatic rings. The first-order chi connectivity index (χ1) is 7.34. The van der Waals surface area contributed by atoms with Crippen LogP contribution in [0.15, 0.2) is 0 Å². The summed E-state index contributed by atoms with van der Waals surface area (Å²) in [6, 6.07) is 0.412. The van der Waals surface area contributed by atoms with E-state index in [1.165, 1.54) is 0 Å². The van der Waals surface area contributed by atoms with Crippen molar-refractivity contribution in [3.63, 3.8) is 0 Å². The minimum absolute atomic E-state index is 0.0956. The van der Waals surface area contributed by atoms with E-state index in [0.717, 1.165) is 0 Å². The zero-order valence-corrected chi connectivity index (χ0v) is 10.5. The van der Waals surface area contributed by atoms with E-state index in [-0.39, 0.29) is 6.42 Å². The molecule has 0 saturated carbocycles. The molecular formula is C8H15F6NOSi. The molecule has 0 bridgehead atoms. The van der Waals surface area contributed by atoms with Crippen molar-refractivity contribution in [1.82, 2.24) is 0 Å². The van der Waals surface area contributed by atoms with Crippen molar-refractivity contribution in [2.45, 2.75) is 44.0 Å². The zero-order chi connectivity index (χ0) is 13.9. The number of alkyl halides is 6. The first kappa shape index (κ1) is 16.7. The van der Waals surface area contributed by atoms with Crippen LogP contribution in [0, 0.1) is 0 Å². The Balaban J connectivity index is 4.22. The van der Waals surface area contributed by atoms with Crippen molar-refractivity contribution < 1.29 is 31.1 Å². The van der Waals surface area contributed by atoms with Gasteiger partial charge in [0.15, 0.2) is 0 Å². The lowest BCUT2D eigenvalue weighted by Gasteiger charge is -2.23. The SMILES string of the molecule is C[Si](C)(N)CCCOC(C(F)(F)F)C(F)(F)F. The summed E-state index contributed by atoms with van der Waals surface area (Å²) >= 11 is 0. The molecule has 0 atom stereocenters. The summed E-state index contributed by atoms with van der Waals surface area (Å²) in [5.74, 6) is 0. The van der Waals surface area contributed by atoms with E-state index in [1.807, 2.05) is 0 Å². The van der Waals surface area contributed by atoms with Crippen LogP contribution in [0.2, 0.25) is 19.1 Å². The van der Waals surface area contributed by atoms with E-state index in [9.17, 15) is 26.3 Å². The summed E-state index contributed by atoms with van der Waals surface area (Å²) in [6.45, 7) is 2.92. The Morgan fingerprint density at radius 3 is 1.76 bits per heavy atom. The van der Waals surface area contributed by atoms with Crippen LogP contribution >= 0.6 is 0 Å². The second kappa shape index (κ2) is 5.57. The van der Waals surface area contributed by atoms with Gasteiger partial charge in [0, 0.05) is 6.61 Å². The molecule has 0 aliphatic carbocycles. The maximum Gasteiger partial charge on any atom is 0.423 e. The molecule has 104 valence electrons. The predicted molar refractivity (Wildman–Crippen MR) is 52.9 cm³/mol. The number of ether oxygens (including phenoxy) is 1. The van der Waals surface area contributed by atoms with Gasteiger partial charge >= 0.3 is 12.4 Å². The van der Waals surface area contributed by atoms with Gasteiger partial charge in [0.25, 0.3) is 0 Å². The molecule has 0 spiro atoms. The third-order valence-corrected chi connectivity index (χ3v) is 3.49. The fourth-order valence-corrected chi connectivity index (χ4v) is 2.16. The molecule has 2 nitrogen and oxygen atoms in total. The molecule has 17 heavy (non-hydrogen) atoms. The number of nitrogens with two attached hydrogens (primary N) is 1. The largest absolute Gasteiger partial charge is 0.423 e. The van der Waals surface area contributed by atoms with Gasteiger partial charge in [0.2, 0.25) is 6.10 Å². The average molecular weight is 283 g/mol. The summed E-state index contributed by atoms with van der Waals surface area (Å²) in [5.41, 5.74) is 0. The standard InChI is InChI=1S/C8H15F6NOSi/c1-17(2,15)5-3-4-16-6(7(9,10)11)8(12,13)14/h6H,3-5,15H2,1-2H3. The molecule has 0 radical (unpaired) electrons. The molecule has 0 aliphatic rings. The smallest absolute Gasteiger partial charge is 0.361 e. The van der Waals surface area contributed by atoms with Gasteiger partial charge in [0.05, 0.1) is 0 Å². The molecule has 0 saturated heterocycles. The van der Waals surface area contributed by atoms with E-state index in [4.69, 9.17) is 5.40 Å². The Morgan fingerprint density at radius 2 is 1.47 bits per heavy atom. The van der Waals surface area contributed by atoms with E-state index >= 15 is 0 Å². The Morgan fingerprint density at radius 1 is 1.06 bits per heavy atom. The highest BCUT2D eigenvalue weighted by molar-refractivity contribution is 6.74. The Bertz CT molecular complexity index is 220. The van der Waals surface area contributed by atoms with Crippen molar-refractivity contribution in [2.75, 3.05) is 6.61 Å². The highest BCUT2D eigenvalue weighted by atomic mass is 28.3. The van der Waals surface area contributed by atoms with Gasteiger partial charge < -0.3 is 10.1 Å². The van der Waals surface area contributed by atoms with Crippen molar-refractivity contribution in [1.29, 1.82) is 0 Å². The van der Waals surface area contributed by atoms with Gasteiger partial charge in [0.1, 0.15) is 8.24 Å². The Hall–Kier alpha value is -0.283. The number of hydrogen-bond acceptors (Lipinski definition) is 2. The maximum atomic E-state index is 12.0. The summed E-state index contributed by atoms with van der Waals surface area (Å²) < 4.78 is 76.0. The van der Waals surface area contributed by atoms with Gasteiger partial charge in [-0.1, -0.05) is 13.1 Å². The van der Waals surface area contributed by atoms with Crippen LogP contribution in [-0.2, 0) is 4.74 Å². The van der Waals surface area contributed by atoms with E-state index in [2.05, 4.69) is 4.74 Å². The predicted octanol–water partition coefficient (Wildman–Crippen LogP) is 3.05. The monoisotopic (exact) mass is 283 g/mol. The fraction of sp³-hybridized carbons (Fsp3) is 1.00. The van der Waals surface area contributed by atoms with Gasteiger partial charge in [-0.3, -0.25) is 0 Å². The van der Waals surface area contributed by atoms with Gasteiger partial charge in [-0.2, -0.15) is 26.3 Å². The third-order valence-electron chi connectivity index (χ3n) is 1.84. The molecular weight excluding hydrogens is 268 g/mol. The molecule has 0 amide bonds. The summed E-state index contributed by atoms with van der Waals surface area (Å²) in [5, 5.41) is 5.66. The molecule has 9 heteroatoms. The fourth-order valence-electron chi connectivity index (χ4n) is 1.10. The minimum Gasteiger partial charge on any atom is -0.361 e. The third kappa shape index (κ3) is 7.61. The zero-order valence-electron chi connectivity index (χ0n) is 9.45. The van der Waals surface area contributed by atoms with Crippen LogP contribution in [0.5, 0.6) is 0 Å². The van der Waals surface area contributed by atoms with Crippen LogP contribution in [0.1, 0.15) is 6.42 Å². The van der Waals surface area contributed by atoms with Crippen LogP contribution in [0.4, 0.5) is 26.3 Å². The number of rotatable bonds is 5. The minimum atomic E-state index is -5.44. The quantitative estimate of drug-likeness (QED) is 0.478. The molecule has 0 aliphatic heterocycles. The molecule has 0 aromatic heterocycles. The van der Waals surface area contributed by atoms with E-state index in [1.54, 1.807) is 13.1 Å². The van der Waals surface area contributed by atoms with E-state index < -0.39 is 33.3 Å². The first-order valence-corrected chi connectivity index (χ1v) is 8.16. The molecule has 0 aromatic carbocycles. The lowest BCUT2D eigenvalue weighted by Crippen LogP contribution is -2.44. The lowest BCUT2D eigenvalue weighted by atomic mass is 10.3. The maximum absolute atomic E-state index is 12.0. The normalized spacial score (nSPS) is 14.5.